The number of benzene rings is 1. The van der Waals surface area contributed by atoms with Crippen LogP contribution in [-0.2, 0) is 21.0 Å². The van der Waals surface area contributed by atoms with Crippen LogP contribution in [0, 0.1) is 0 Å². The average molecular weight is 392 g/mol. The molecule has 9 heteroatoms. The molecule has 0 bridgehead atoms. The van der Waals surface area contributed by atoms with Crippen molar-refractivity contribution in [3.8, 4) is 0 Å². The highest BCUT2D eigenvalue weighted by molar-refractivity contribution is 7.92. The predicted molar refractivity (Wildman–Crippen MR) is 93.3 cm³/mol. The lowest BCUT2D eigenvalue weighted by molar-refractivity contribution is -0.137. The van der Waals surface area contributed by atoms with Gasteiger partial charge in [-0.1, -0.05) is 18.9 Å². The number of hydrogen-bond acceptors (Lipinski definition) is 3. The minimum Gasteiger partial charge on any atom is -0.353 e. The van der Waals surface area contributed by atoms with Gasteiger partial charge in [-0.15, -0.1) is 0 Å². The molecule has 1 aliphatic rings. The molecule has 0 spiro atoms. The zero-order valence-corrected chi connectivity index (χ0v) is 15.4. The van der Waals surface area contributed by atoms with E-state index < -0.39 is 21.8 Å². The van der Waals surface area contributed by atoms with E-state index in [4.69, 9.17) is 0 Å². The van der Waals surface area contributed by atoms with Gasteiger partial charge in [-0.2, -0.15) is 13.2 Å². The molecule has 1 amide bonds. The molecule has 0 saturated heterocycles. The van der Waals surface area contributed by atoms with E-state index in [0.717, 1.165) is 48.4 Å². The minimum atomic E-state index is -4.56. The Kier molecular flexibility index (Phi) is 6.54. The summed E-state index contributed by atoms with van der Waals surface area (Å²) in [7, 11) is -3.77. The zero-order chi connectivity index (χ0) is 19.4. The minimum absolute atomic E-state index is 0.0569. The number of carbonyl (C=O) groups excluding carboxylic acids is 1. The smallest absolute Gasteiger partial charge is 0.353 e. The van der Waals surface area contributed by atoms with E-state index in [0.29, 0.717) is 0 Å². The van der Waals surface area contributed by atoms with Crippen molar-refractivity contribution in [2.75, 3.05) is 17.1 Å². The van der Waals surface area contributed by atoms with Crippen LogP contribution in [0.25, 0.3) is 0 Å². The first-order chi connectivity index (χ1) is 12.1. The van der Waals surface area contributed by atoms with Crippen LogP contribution in [0.1, 0.15) is 44.1 Å². The molecule has 2 rings (SSSR count). The van der Waals surface area contributed by atoms with E-state index in [9.17, 15) is 26.4 Å². The Hall–Kier alpha value is -1.77. The number of nitrogens with zero attached hydrogens (tertiary/aromatic N) is 1. The van der Waals surface area contributed by atoms with Crippen LogP contribution >= 0.6 is 0 Å². The van der Waals surface area contributed by atoms with Gasteiger partial charge in [0.05, 0.1) is 17.5 Å². The van der Waals surface area contributed by atoms with Crippen LogP contribution in [0.2, 0.25) is 0 Å². The summed E-state index contributed by atoms with van der Waals surface area (Å²) in [5, 5.41) is 2.90. The molecule has 0 atom stereocenters. The fraction of sp³-hybridized carbons (Fsp3) is 0.588. The van der Waals surface area contributed by atoms with E-state index in [1.807, 2.05) is 0 Å². The van der Waals surface area contributed by atoms with Crippen LogP contribution in [0.15, 0.2) is 24.3 Å². The molecule has 1 fully saturated rings. The van der Waals surface area contributed by atoms with E-state index in [-0.39, 0.29) is 37.0 Å². The van der Waals surface area contributed by atoms with Gasteiger partial charge in [-0.25, -0.2) is 8.42 Å². The lowest BCUT2D eigenvalue weighted by Crippen LogP contribution is -2.34. The van der Waals surface area contributed by atoms with Crippen molar-refractivity contribution in [1.82, 2.24) is 5.32 Å². The van der Waals surface area contributed by atoms with Gasteiger partial charge >= 0.3 is 6.18 Å². The molecule has 1 aromatic carbocycles. The quantitative estimate of drug-likeness (QED) is 0.774. The summed E-state index contributed by atoms with van der Waals surface area (Å²) < 4.78 is 63.5. The molecule has 26 heavy (non-hydrogen) atoms. The number of alkyl halides is 3. The molecular formula is C17H23F3N2O3S. The summed E-state index contributed by atoms with van der Waals surface area (Å²) in [6.45, 7) is -0.0573. The first-order valence-electron chi connectivity index (χ1n) is 8.52. The maximum Gasteiger partial charge on any atom is 0.416 e. The molecular weight excluding hydrogens is 369 g/mol. The van der Waals surface area contributed by atoms with Crippen LogP contribution < -0.4 is 9.62 Å². The average Bonchev–Trinajstić information content (AvgIpc) is 3.02. The summed E-state index contributed by atoms with van der Waals surface area (Å²) in [4.78, 5) is 11.9. The Morgan fingerprint density at radius 2 is 1.92 bits per heavy atom. The Bertz CT molecular complexity index is 729. The van der Waals surface area contributed by atoms with Crippen molar-refractivity contribution >= 4 is 21.6 Å². The predicted octanol–water partition coefficient (Wildman–Crippen LogP) is 3.31. The van der Waals surface area contributed by atoms with Crippen molar-refractivity contribution < 1.29 is 26.4 Å². The second-order valence-corrected chi connectivity index (χ2v) is 8.44. The summed E-state index contributed by atoms with van der Waals surface area (Å²) in [6.07, 6.45) is 0.803. The maximum atomic E-state index is 12.9. The van der Waals surface area contributed by atoms with Gasteiger partial charge in [0.1, 0.15) is 0 Å². The van der Waals surface area contributed by atoms with Crippen LogP contribution in [-0.4, -0.2) is 33.2 Å². The SMILES string of the molecule is CS(=O)(=O)N(CCCC(=O)NC1CCCC1)c1cccc(C(F)(F)F)c1. The Balaban J connectivity index is 2.01. The lowest BCUT2D eigenvalue weighted by Gasteiger charge is -2.23. The fourth-order valence-electron chi connectivity index (χ4n) is 3.08. The molecule has 0 heterocycles. The Morgan fingerprint density at radius 3 is 2.50 bits per heavy atom. The first-order valence-corrected chi connectivity index (χ1v) is 10.4. The Morgan fingerprint density at radius 1 is 1.27 bits per heavy atom. The number of halogens is 3. The molecule has 1 aromatic rings. The van der Waals surface area contributed by atoms with Gasteiger partial charge < -0.3 is 5.32 Å². The third kappa shape index (κ3) is 5.89. The van der Waals surface area contributed by atoms with Crippen molar-refractivity contribution in [3.63, 3.8) is 0 Å². The van der Waals surface area contributed by atoms with Gasteiger partial charge in [-0.3, -0.25) is 9.10 Å². The molecule has 5 nitrogen and oxygen atoms in total. The molecule has 0 aliphatic heterocycles. The summed E-state index contributed by atoms with van der Waals surface area (Å²) in [5.41, 5.74) is -0.971. The van der Waals surface area contributed by atoms with Gasteiger partial charge in [0.25, 0.3) is 0 Å². The second-order valence-electron chi connectivity index (χ2n) is 6.54. The maximum absolute atomic E-state index is 12.9. The van der Waals surface area contributed by atoms with Crippen LogP contribution in [0.3, 0.4) is 0 Å². The van der Waals surface area contributed by atoms with E-state index in [1.165, 1.54) is 12.1 Å². The van der Waals surface area contributed by atoms with Crippen molar-refractivity contribution in [3.05, 3.63) is 29.8 Å². The third-order valence-corrected chi connectivity index (χ3v) is 5.54. The monoisotopic (exact) mass is 392 g/mol. The normalized spacial score (nSPS) is 15.8. The molecule has 0 radical (unpaired) electrons. The van der Waals surface area contributed by atoms with Gasteiger partial charge in [0, 0.05) is 19.0 Å². The van der Waals surface area contributed by atoms with Crippen molar-refractivity contribution in [1.29, 1.82) is 0 Å². The van der Waals surface area contributed by atoms with E-state index >= 15 is 0 Å². The van der Waals surface area contributed by atoms with Crippen molar-refractivity contribution in [2.45, 2.75) is 50.7 Å². The van der Waals surface area contributed by atoms with Crippen LogP contribution in [0.5, 0.6) is 0 Å². The second kappa shape index (κ2) is 8.28. The molecule has 0 unspecified atom stereocenters. The third-order valence-electron chi connectivity index (χ3n) is 4.35. The molecule has 146 valence electrons. The number of sulfonamides is 1. The summed E-state index contributed by atoms with van der Waals surface area (Å²) in [6, 6.07) is 4.36. The number of carbonyl (C=O) groups is 1. The number of rotatable bonds is 7. The zero-order valence-electron chi connectivity index (χ0n) is 14.6. The number of amides is 1. The van der Waals surface area contributed by atoms with E-state index in [2.05, 4.69) is 5.32 Å². The molecule has 1 aliphatic carbocycles. The van der Waals surface area contributed by atoms with Crippen LogP contribution in [0.4, 0.5) is 18.9 Å². The van der Waals surface area contributed by atoms with Gasteiger partial charge in [-0.05, 0) is 37.5 Å². The highest BCUT2D eigenvalue weighted by Gasteiger charge is 2.31. The highest BCUT2D eigenvalue weighted by atomic mass is 32.2. The topological polar surface area (TPSA) is 66.5 Å². The standard InChI is InChI=1S/C17H23F3N2O3S/c1-26(24,25)22(15-9-4-6-13(12-15)17(18,19)20)11-5-10-16(23)21-14-7-2-3-8-14/h4,6,9,12,14H,2-3,5,7-8,10-11H2,1H3,(H,21,23). The van der Waals surface area contributed by atoms with Gasteiger partial charge in [0.2, 0.25) is 15.9 Å². The lowest BCUT2D eigenvalue weighted by atomic mass is 10.2. The summed E-state index contributed by atoms with van der Waals surface area (Å²) in [5.74, 6) is -0.158. The number of hydrogen-bond donors (Lipinski definition) is 1. The molecule has 1 saturated carbocycles. The van der Waals surface area contributed by atoms with Gasteiger partial charge in [0.15, 0.2) is 0 Å². The molecule has 0 aromatic heterocycles. The number of anilines is 1. The number of nitrogens with one attached hydrogen (secondary N) is 1. The van der Waals surface area contributed by atoms with Crippen molar-refractivity contribution in [2.24, 2.45) is 0 Å². The van der Waals surface area contributed by atoms with E-state index in [1.54, 1.807) is 0 Å². The fourth-order valence-corrected chi connectivity index (χ4v) is 4.03. The first kappa shape index (κ1) is 20.5. The highest BCUT2D eigenvalue weighted by Crippen LogP contribution is 2.32. The Labute approximate surface area is 151 Å². The molecule has 1 N–H and O–H groups in total. The summed E-state index contributed by atoms with van der Waals surface area (Å²) >= 11 is 0. The largest absolute Gasteiger partial charge is 0.416 e.